The van der Waals surface area contributed by atoms with Gasteiger partial charge in [0.25, 0.3) is 0 Å². The fraction of sp³-hybridized carbons (Fsp3) is 0.158. The van der Waals surface area contributed by atoms with E-state index in [1.807, 2.05) is 36.4 Å². The van der Waals surface area contributed by atoms with Crippen molar-refractivity contribution < 1.29 is 14.8 Å². The Morgan fingerprint density at radius 2 is 1.79 bits per heavy atom. The Balaban J connectivity index is 2.28. The Bertz CT molecular complexity index is 891. The summed E-state index contributed by atoms with van der Waals surface area (Å²) in [7, 11) is 1.53. The molecule has 1 N–H and O–H groups in total. The van der Waals surface area contributed by atoms with Crippen molar-refractivity contribution in [1.29, 1.82) is 0 Å². The van der Waals surface area contributed by atoms with Gasteiger partial charge >= 0.3 is 0 Å². The number of phenolic OH excluding ortho intramolecular Hbond substituents is 1. The third-order valence-electron chi connectivity index (χ3n) is 4.14. The lowest BCUT2D eigenvalue weighted by molar-refractivity contribution is -0.481. The molecule has 0 saturated heterocycles. The van der Waals surface area contributed by atoms with E-state index in [0.717, 1.165) is 10.8 Å². The molecule has 5 nitrogen and oxygen atoms in total. The normalized spacial score (nSPS) is 12.0. The molecule has 3 aromatic carbocycles. The molecule has 122 valence electrons. The van der Waals surface area contributed by atoms with Crippen molar-refractivity contribution >= 4 is 10.8 Å². The number of nitrogens with zero attached hydrogens (tertiary/aromatic N) is 1. The Morgan fingerprint density at radius 1 is 1.08 bits per heavy atom. The molecular formula is C19H17NO4. The minimum absolute atomic E-state index is 0.0476. The highest BCUT2D eigenvalue weighted by Crippen LogP contribution is 2.40. The first-order valence-electron chi connectivity index (χ1n) is 7.57. The number of hydrogen-bond acceptors (Lipinski definition) is 4. The summed E-state index contributed by atoms with van der Waals surface area (Å²) < 4.78 is 5.38. The summed E-state index contributed by atoms with van der Waals surface area (Å²) in [6.07, 6.45) is 0. The van der Waals surface area contributed by atoms with Crippen molar-refractivity contribution in [2.75, 3.05) is 13.7 Å². The first-order chi connectivity index (χ1) is 11.6. The lowest BCUT2D eigenvalue weighted by Crippen LogP contribution is -2.15. The van der Waals surface area contributed by atoms with Crippen LogP contribution in [0.2, 0.25) is 0 Å². The van der Waals surface area contributed by atoms with Crippen LogP contribution in [0.3, 0.4) is 0 Å². The van der Waals surface area contributed by atoms with Crippen molar-refractivity contribution in [2.45, 2.75) is 5.92 Å². The molecule has 0 aliphatic heterocycles. The molecule has 0 aliphatic rings. The summed E-state index contributed by atoms with van der Waals surface area (Å²) in [5.74, 6) is 0.00499. The third-order valence-corrected chi connectivity index (χ3v) is 4.14. The third kappa shape index (κ3) is 2.88. The molecule has 0 spiro atoms. The van der Waals surface area contributed by atoms with Crippen molar-refractivity contribution in [3.8, 4) is 11.5 Å². The second-order valence-corrected chi connectivity index (χ2v) is 5.53. The molecule has 0 fully saturated rings. The van der Waals surface area contributed by atoms with E-state index in [2.05, 4.69) is 0 Å². The van der Waals surface area contributed by atoms with Crippen LogP contribution in [0.1, 0.15) is 17.0 Å². The number of methoxy groups -OCH3 is 1. The molecule has 0 bridgehead atoms. The number of fused-ring (bicyclic) bond motifs is 1. The fourth-order valence-electron chi connectivity index (χ4n) is 3.10. The lowest BCUT2D eigenvalue weighted by atomic mass is 9.86. The van der Waals surface area contributed by atoms with Crippen molar-refractivity contribution in [2.24, 2.45) is 0 Å². The van der Waals surface area contributed by atoms with E-state index in [-0.39, 0.29) is 17.2 Å². The van der Waals surface area contributed by atoms with E-state index < -0.39 is 5.92 Å². The van der Waals surface area contributed by atoms with E-state index in [0.29, 0.717) is 16.9 Å². The number of phenols is 1. The topological polar surface area (TPSA) is 72.6 Å². The van der Waals surface area contributed by atoms with Gasteiger partial charge in [-0.1, -0.05) is 48.5 Å². The summed E-state index contributed by atoms with van der Waals surface area (Å²) in [6, 6.07) is 18.1. The quantitative estimate of drug-likeness (QED) is 0.570. The van der Waals surface area contributed by atoms with Gasteiger partial charge in [-0.2, -0.15) is 0 Å². The standard InChI is InChI=1S/C19H17NO4/c1-24-18-9-5-4-8-15(18)16(12-20(22)23)19-14-7-3-2-6-13(14)10-11-17(19)21/h2-11,16,21H,12H2,1H3/t16-/m0/s1. The van der Waals surface area contributed by atoms with E-state index in [1.165, 1.54) is 7.11 Å². The Hall–Kier alpha value is -3.08. The maximum absolute atomic E-state index is 11.3. The molecular weight excluding hydrogens is 306 g/mol. The molecule has 3 rings (SSSR count). The number of para-hydroxylation sites is 1. The highest BCUT2D eigenvalue weighted by Gasteiger charge is 2.27. The van der Waals surface area contributed by atoms with Crippen LogP contribution in [0, 0.1) is 10.1 Å². The average Bonchev–Trinajstić information content (AvgIpc) is 2.60. The van der Waals surface area contributed by atoms with Crippen LogP contribution in [-0.4, -0.2) is 23.7 Å². The predicted octanol–water partition coefficient (Wildman–Crippen LogP) is 3.96. The molecule has 24 heavy (non-hydrogen) atoms. The number of rotatable bonds is 5. The van der Waals surface area contributed by atoms with Gasteiger partial charge in [0.1, 0.15) is 11.5 Å². The minimum Gasteiger partial charge on any atom is -0.508 e. The summed E-state index contributed by atoms with van der Waals surface area (Å²) in [5.41, 5.74) is 1.23. The fourth-order valence-corrected chi connectivity index (χ4v) is 3.10. The smallest absolute Gasteiger partial charge is 0.215 e. The first-order valence-corrected chi connectivity index (χ1v) is 7.57. The van der Waals surface area contributed by atoms with Crippen molar-refractivity contribution in [3.05, 3.63) is 81.9 Å². The number of benzene rings is 3. The number of hydrogen-bond donors (Lipinski definition) is 1. The van der Waals surface area contributed by atoms with E-state index in [1.54, 1.807) is 24.3 Å². The predicted molar refractivity (Wildman–Crippen MR) is 92.3 cm³/mol. The highest BCUT2D eigenvalue weighted by atomic mass is 16.6. The molecule has 1 atom stereocenters. The molecule has 0 amide bonds. The first kappa shape index (κ1) is 15.8. The Morgan fingerprint density at radius 3 is 2.54 bits per heavy atom. The van der Waals surface area contributed by atoms with Gasteiger partial charge in [-0.3, -0.25) is 10.1 Å². The molecule has 0 aromatic heterocycles. The second-order valence-electron chi connectivity index (χ2n) is 5.53. The van der Waals surface area contributed by atoms with Crippen LogP contribution in [0.15, 0.2) is 60.7 Å². The monoisotopic (exact) mass is 323 g/mol. The number of nitro groups is 1. The van der Waals surface area contributed by atoms with Gasteiger partial charge in [0, 0.05) is 16.1 Å². The van der Waals surface area contributed by atoms with Gasteiger partial charge in [0.05, 0.1) is 13.0 Å². The van der Waals surface area contributed by atoms with Gasteiger partial charge in [-0.05, 0) is 22.9 Å². The maximum atomic E-state index is 11.3. The van der Waals surface area contributed by atoms with Crippen LogP contribution < -0.4 is 4.74 Å². The largest absolute Gasteiger partial charge is 0.508 e. The van der Waals surface area contributed by atoms with Gasteiger partial charge in [0.2, 0.25) is 6.54 Å². The van der Waals surface area contributed by atoms with Crippen LogP contribution in [-0.2, 0) is 0 Å². The van der Waals surface area contributed by atoms with Crippen molar-refractivity contribution in [3.63, 3.8) is 0 Å². The SMILES string of the molecule is COc1ccccc1[C@H](C[N+](=O)[O-])c1c(O)ccc2ccccc12. The summed E-state index contributed by atoms with van der Waals surface area (Å²) in [4.78, 5) is 10.9. The summed E-state index contributed by atoms with van der Waals surface area (Å²) in [5, 5.41) is 23.5. The van der Waals surface area contributed by atoms with E-state index in [9.17, 15) is 15.2 Å². The van der Waals surface area contributed by atoms with Gasteiger partial charge < -0.3 is 9.84 Å². The minimum atomic E-state index is -0.609. The molecule has 0 saturated carbocycles. The lowest BCUT2D eigenvalue weighted by Gasteiger charge is -2.20. The Kier molecular flexibility index (Phi) is 4.33. The van der Waals surface area contributed by atoms with E-state index >= 15 is 0 Å². The molecule has 3 aromatic rings. The number of aromatic hydroxyl groups is 1. The summed E-state index contributed by atoms with van der Waals surface area (Å²) >= 11 is 0. The zero-order valence-electron chi connectivity index (χ0n) is 13.2. The number of ether oxygens (including phenoxy) is 1. The van der Waals surface area contributed by atoms with Gasteiger partial charge in [0.15, 0.2) is 0 Å². The highest BCUT2D eigenvalue weighted by molar-refractivity contribution is 5.88. The zero-order valence-corrected chi connectivity index (χ0v) is 13.2. The average molecular weight is 323 g/mol. The molecule has 0 unspecified atom stereocenters. The molecule has 5 heteroatoms. The van der Waals surface area contributed by atoms with Crippen LogP contribution >= 0.6 is 0 Å². The van der Waals surface area contributed by atoms with Crippen LogP contribution in [0.4, 0.5) is 0 Å². The van der Waals surface area contributed by atoms with E-state index in [4.69, 9.17) is 4.74 Å². The zero-order chi connectivity index (χ0) is 17.1. The molecule has 0 heterocycles. The maximum Gasteiger partial charge on any atom is 0.215 e. The second kappa shape index (κ2) is 6.58. The van der Waals surface area contributed by atoms with Gasteiger partial charge in [-0.25, -0.2) is 0 Å². The van der Waals surface area contributed by atoms with Crippen LogP contribution in [0.25, 0.3) is 10.8 Å². The summed E-state index contributed by atoms with van der Waals surface area (Å²) in [6.45, 7) is -0.331. The van der Waals surface area contributed by atoms with Crippen molar-refractivity contribution in [1.82, 2.24) is 0 Å². The Labute approximate surface area is 139 Å². The molecule has 0 aliphatic carbocycles. The van der Waals surface area contributed by atoms with Crippen LogP contribution in [0.5, 0.6) is 11.5 Å². The van der Waals surface area contributed by atoms with Gasteiger partial charge in [-0.15, -0.1) is 0 Å². The molecule has 0 radical (unpaired) electrons.